The summed E-state index contributed by atoms with van der Waals surface area (Å²) in [6, 6.07) is 21.8. The number of methoxy groups -OCH3 is 2. The number of nitrogens with zero attached hydrogens (tertiary/aromatic N) is 1. The number of nitrogens with one attached hydrogen (secondary N) is 1. The number of amides is 2. The number of hydrogen-bond acceptors (Lipinski definition) is 5. The fourth-order valence-electron chi connectivity index (χ4n) is 3.49. The van der Waals surface area contributed by atoms with Crippen molar-refractivity contribution in [1.29, 1.82) is 0 Å². The second-order valence-corrected chi connectivity index (χ2v) is 7.09. The molecule has 3 aromatic carbocycles. The third-order valence-electron chi connectivity index (χ3n) is 5.10. The summed E-state index contributed by atoms with van der Waals surface area (Å²) in [4.78, 5) is 28.1. The summed E-state index contributed by atoms with van der Waals surface area (Å²) in [5, 5.41) is 3.16. The van der Waals surface area contributed by atoms with Gasteiger partial charge in [0.05, 0.1) is 25.5 Å². The van der Waals surface area contributed by atoms with Gasteiger partial charge in [0, 0.05) is 11.8 Å². The van der Waals surface area contributed by atoms with Crippen LogP contribution >= 0.6 is 0 Å². The third kappa shape index (κ3) is 3.75. The second kappa shape index (κ2) is 8.36. The highest BCUT2D eigenvalue weighted by Gasteiger charge is 2.41. The molecule has 0 aliphatic carbocycles. The summed E-state index contributed by atoms with van der Waals surface area (Å²) >= 11 is 0. The van der Waals surface area contributed by atoms with E-state index < -0.39 is 11.8 Å². The summed E-state index contributed by atoms with van der Waals surface area (Å²) in [7, 11) is 3.03. The van der Waals surface area contributed by atoms with Crippen LogP contribution in [0.15, 0.2) is 78.5 Å². The summed E-state index contributed by atoms with van der Waals surface area (Å²) < 4.78 is 10.7. The van der Waals surface area contributed by atoms with Crippen molar-refractivity contribution in [2.75, 3.05) is 24.4 Å². The monoisotopic (exact) mass is 414 g/mol. The molecule has 0 atom stereocenters. The van der Waals surface area contributed by atoms with E-state index in [9.17, 15) is 9.59 Å². The van der Waals surface area contributed by atoms with Crippen LogP contribution in [0.1, 0.15) is 11.1 Å². The number of benzene rings is 3. The molecule has 6 nitrogen and oxygen atoms in total. The van der Waals surface area contributed by atoms with Gasteiger partial charge in [-0.25, -0.2) is 4.90 Å². The molecule has 0 aromatic heterocycles. The van der Waals surface area contributed by atoms with E-state index in [4.69, 9.17) is 9.47 Å². The zero-order chi connectivity index (χ0) is 22.0. The number of carbonyl (C=O) groups is 2. The summed E-state index contributed by atoms with van der Waals surface area (Å²) in [6.45, 7) is 1.99. The van der Waals surface area contributed by atoms with Gasteiger partial charge >= 0.3 is 0 Å². The van der Waals surface area contributed by atoms with Crippen molar-refractivity contribution < 1.29 is 19.1 Å². The Balaban J connectivity index is 1.82. The molecule has 0 bridgehead atoms. The number of anilines is 2. The highest BCUT2D eigenvalue weighted by atomic mass is 16.5. The smallest absolute Gasteiger partial charge is 0.282 e. The average Bonchev–Trinajstić information content (AvgIpc) is 3.04. The summed E-state index contributed by atoms with van der Waals surface area (Å²) in [5.74, 6) is 0.0566. The lowest BCUT2D eigenvalue weighted by Gasteiger charge is -2.19. The van der Waals surface area contributed by atoms with E-state index in [1.807, 2.05) is 61.5 Å². The molecule has 0 radical (unpaired) electrons. The van der Waals surface area contributed by atoms with Gasteiger partial charge in [-0.2, -0.15) is 0 Å². The first kappa shape index (κ1) is 20.2. The number of rotatable bonds is 6. The Labute approximate surface area is 180 Å². The summed E-state index contributed by atoms with van der Waals surface area (Å²) in [5.41, 5.74) is 3.36. The van der Waals surface area contributed by atoms with Crippen LogP contribution in [0.2, 0.25) is 0 Å². The second-order valence-electron chi connectivity index (χ2n) is 7.09. The molecule has 0 fully saturated rings. The maximum Gasteiger partial charge on any atom is 0.282 e. The molecule has 31 heavy (non-hydrogen) atoms. The van der Waals surface area contributed by atoms with Crippen LogP contribution in [0, 0.1) is 6.92 Å². The van der Waals surface area contributed by atoms with Crippen LogP contribution < -0.4 is 19.7 Å². The largest absolute Gasteiger partial charge is 0.497 e. The van der Waals surface area contributed by atoms with E-state index >= 15 is 0 Å². The Hall–Kier alpha value is -4.06. The SMILES string of the molecule is COc1ccc(N2C(=O)C(Nc3ccc(C)cc3)=C(c3ccccc3)C2=O)c(OC)c1. The molecule has 0 saturated heterocycles. The van der Waals surface area contributed by atoms with E-state index in [2.05, 4.69) is 5.32 Å². The van der Waals surface area contributed by atoms with Crippen molar-refractivity contribution in [3.05, 3.63) is 89.6 Å². The minimum atomic E-state index is -0.451. The highest BCUT2D eigenvalue weighted by Crippen LogP contribution is 2.39. The van der Waals surface area contributed by atoms with Crippen LogP contribution in [0.3, 0.4) is 0 Å². The molecule has 156 valence electrons. The van der Waals surface area contributed by atoms with Crippen molar-refractivity contribution in [2.45, 2.75) is 6.92 Å². The van der Waals surface area contributed by atoms with Crippen molar-refractivity contribution in [3.8, 4) is 11.5 Å². The third-order valence-corrected chi connectivity index (χ3v) is 5.10. The Morgan fingerprint density at radius 3 is 2.16 bits per heavy atom. The van der Waals surface area contributed by atoms with Gasteiger partial charge in [-0.3, -0.25) is 9.59 Å². The number of carbonyl (C=O) groups excluding carboxylic acids is 2. The molecule has 6 heteroatoms. The molecule has 1 heterocycles. The van der Waals surface area contributed by atoms with Crippen molar-refractivity contribution >= 4 is 28.8 Å². The molecule has 1 aliphatic rings. The molecule has 3 aromatic rings. The van der Waals surface area contributed by atoms with E-state index in [1.165, 1.54) is 7.11 Å². The predicted molar refractivity (Wildman–Crippen MR) is 120 cm³/mol. The maximum atomic E-state index is 13.5. The van der Waals surface area contributed by atoms with Gasteiger partial charge < -0.3 is 14.8 Å². The van der Waals surface area contributed by atoms with Crippen LogP contribution in [-0.2, 0) is 9.59 Å². The van der Waals surface area contributed by atoms with Crippen molar-refractivity contribution in [1.82, 2.24) is 0 Å². The molecule has 1 aliphatic heterocycles. The van der Waals surface area contributed by atoms with Gasteiger partial charge in [0.25, 0.3) is 11.8 Å². The molecule has 0 saturated carbocycles. The molecular formula is C25H22N2O4. The van der Waals surface area contributed by atoms with Gasteiger partial charge in [0.15, 0.2) is 0 Å². The van der Waals surface area contributed by atoms with Gasteiger partial charge in [0.1, 0.15) is 17.2 Å². The van der Waals surface area contributed by atoms with Gasteiger partial charge in [-0.1, -0.05) is 48.0 Å². The Morgan fingerprint density at radius 2 is 1.52 bits per heavy atom. The minimum Gasteiger partial charge on any atom is -0.497 e. The Morgan fingerprint density at radius 1 is 0.806 bits per heavy atom. The quantitative estimate of drug-likeness (QED) is 0.605. The first-order valence-electron chi connectivity index (χ1n) is 9.77. The molecule has 1 N–H and O–H groups in total. The Bertz CT molecular complexity index is 1170. The minimum absolute atomic E-state index is 0.220. The van der Waals surface area contributed by atoms with Crippen LogP contribution in [0.5, 0.6) is 11.5 Å². The Kier molecular flexibility index (Phi) is 5.45. The van der Waals surface area contributed by atoms with Crippen molar-refractivity contribution in [2.24, 2.45) is 0 Å². The van der Waals surface area contributed by atoms with Crippen LogP contribution in [0.25, 0.3) is 5.57 Å². The first-order valence-corrected chi connectivity index (χ1v) is 9.77. The van der Waals surface area contributed by atoms with Gasteiger partial charge in [-0.15, -0.1) is 0 Å². The van der Waals surface area contributed by atoms with E-state index in [1.54, 1.807) is 25.3 Å². The van der Waals surface area contributed by atoms with Gasteiger partial charge in [-0.05, 0) is 36.8 Å². The lowest BCUT2D eigenvalue weighted by Crippen LogP contribution is -2.32. The normalized spacial score (nSPS) is 13.6. The highest BCUT2D eigenvalue weighted by molar-refractivity contribution is 6.46. The maximum absolute atomic E-state index is 13.5. The first-order chi connectivity index (χ1) is 15.0. The number of ether oxygens (including phenoxy) is 2. The van der Waals surface area contributed by atoms with E-state index in [-0.39, 0.29) is 5.70 Å². The number of hydrogen-bond donors (Lipinski definition) is 1. The lowest BCUT2D eigenvalue weighted by atomic mass is 10.0. The van der Waals surface area contributed by atoms with Gasteiger partial charge in [0.2, 0.25) is 0 Å². The summed E-state index contributed by atoms with van der Waals surface area (Å²) in [6.07, 6.45) is 0. The van der Waals surface area contributed by atoms with Crippen molar-refractivity contribution in [3.63, 3.8) is 0 Å². The lowest BCUT2D eigenvalue weighted by molar-refractivity contribution is -0.120. The number of aryl methyl sites for hydroxylation is 1. The zero-order valence-corrected chi connectivity index (χ0v) is 17.5. The average molecular weight is 414 g/mol. The molecule has 0 unspecified atom stereocenters. The van der Waals surface area contributed by atoms with Crippen LogP contribution in [0.4, 0.5) is 11.4 Å². The van der Waals surface area contributed by atoms with E-state index in [0.717, 1.165) is 16.2 Å². The predicted octanol–water partition coefficient (Wildman–Crippen LogP) is 4.41. The van der Waals surface area contributed by atoms with Crippen LogP contribution in [-0.4, -0.2) is 26.0 Å². The zero-order valence-electron chi connectivity index (χ0n) is 17.5. The standard InChI is InChI=1S/C25H22N2O4/c1-16-9-11-18(12-10-16)26-23-22(17-7-5-4-6-8-17)24(28)27(25(23)29)20-14-13-19(30-2)15-21(20)31-3/h4-15,26H,1-3H3. The topological polar surface area (TPSA) is 67.9 Å². The fraction of sp³-hybridized carbons (Fsp3) is 0.120. The number of imide groups is 1. The molecule has 4 rings (SSSR count). The molecule has 2 amide bonds. The molecule has 0 spiro atoms. The van der Waals surface area contributed by atoms with E-state index in [0.29, 0.717) is 28.3 Å². The fourth-order valence-corrected chi connectivity index (χ4v) is 3.49. The molecular weight excluding hydrogens is 392 g/mol.